The number of aliphatic hydroxyl groups excluding tert-OH is 2. The zero-order chi connectivity index (χ0) is 20.0. The molecule has 1 aliphatic heterocycles. The number of aliphatic carboxylic acids is 1. The van der Waals surface area contributed by atoms with Crippen molar-refractivity contribution in [2.24, 2.45) is 11.8 Å². The molecule has 0 amide bonds. The van der Waals surface area contributed by atoms with E-state index in [4.69, 9.17) is 9.84 Å². The molecule has 5 nitrogen and oxygen atoms in total. The molecule has 0 bridgehead atoms. The SMILES string of the molecule is CCCCC[C@H](O)C#CC1C2C/C(=C\CCCC(=O)O)OC2C(F)(F)C1O. The molecule has 27 heavy (non-hydrogen) atoms. The van der Waals surface area contributed by atoms with Gasteiger partial charge in [-0.15, -0.1) is 0 Å². The average molecular weight is 386 g/mol. The molecular formula is C20H28F2O5. The van der Waals surface area contributed by atoms with Crippen LogP contribution in [0.3, 0.4) is 0 Å². The lowest BCUT2D eigenvalue weighted by atomic mass is 9.91. The number of carboxylic acid groups (broad SMARTS) is 1. The van der Waals surface area contributed by atoms with E-state index in [0.717, 1.165) is 19.3 Å². The van der Waals surface area contributed by atoms with Gasteiger partial charge in [-0.25, -0.2) is 0 Å². The Morgan fingerprint density at radius 2 is 2.15 bits per heavy atom. The van der Waals surface area contributed by atoms with Crippen molar-refractivity contribution in [3.8, 4) is 11.8 Å². The molecule has 0 aromatic carbocycles. The van der Waals surface area contributed by atoms with Crippen LogP contribution in [0.25, 0.3) is 0 Å². The normalized spacial score (nSPS) is 31.1. The molecule has 0 aromatic rings. The van der Waals surface area contributed by atoms with Crippen LogP contribution in [-0.2, 0) is 9.53 Å². The van der Waals surface area contributed by atoms with Crippen LogP contribution in [-0.4, -0.2) is 45.5 Å². The van der Waals surface area contributed by atoms with E-state index in [1.165, 1.54) is 0 Å². The maximum atomic E-state index is 14.4. The van der Waals surface area contributed by atoms with Crippen LogP contribution in [0.1, 0.15) is 58.3 Å². The number of alkyl halides is 2. The number of fused-ring (bicyclic) bond motifs is 1. The third-order valence-corrected chi connectivity index (χ3v) is 5.14. The molecule has 1 aliphatic carbocycles. The largest absolute Gasteiger partial charge is 0.488 e. The lowest BCUT2D eigenvalue weighted by Gasteiger charge is -2.21. The van der Waals surface area contributed by atoms with Crippen LogP contribution in [0.15, 0.2) is 11.8 Å². The first-order valence-corrected chi connectivity index (χ1v) is 9.59. The molecule has 0 radical (unpaired) electrons. The summed E-state index contributed by atoms with van der Waals surface area (Å²) in [4.78, 5) is 10.5. The van der Waals surface area contributed by atoms with Gasteiger partial charge in [-0.05, 0) is 31.8 Å². The highest BCUT2D eigenvalue weighted by atomic mass is 19.3. The highest BCUT2D eigenvalue weighted by molar-refractivity contribution is 5.66. The molecule has 0 aromatic heterocycles. The minimum Gasteiger partial charge on any atom is -0.488 e. The van der Waals surface area contributed by atoms with E-state index >= 15 is 0 Å². The van der Waals surface area contributed by atoms with Crippen molar-refractivity contribution in [1.82, 2.24) is 0 Å². The Balaban J connectivity index is 2.01. The van der Waals surface area contributed by atoms with E-state index < -0.39 is 42.0 Å². The molecule has 3 N–H and O–H groups in total. The standard InChI is InChI=1S/C20H28F2O5/c1-2-3-4-7-13(23)10-11-15-16-12-14(8-5-6-9-17(24)25)27-19(16)20(21,22)18(15)26/h8,13,15-16,18-19,23,26H,2-7,9,12H2,1H3,(H,24,25)/b14-8+/t13-,15?,16?,18?,19?/m0/s1. The number of allylic oxidation sites excluding steroid dienone is 2. The Morgan fingerprint density at radius 1 is 1.41 bits per heavy atom. The quantitative estimate of drug-likeness (QED) is 0.441. The third-order valence-electron chi connectivity index (χ3n) is 5.14. The second-order valence-electron chi connectivity index (χ2n) is 7.31. The van der Waals surface area contributed by atoms with Crippen molar-refractivity contribution in [2.75, 3.05) is 0 Å². The zero-order valence-corrected chi connectivity index (χ0v) is 15.5. The maximum absolute atomic E-state index is 14.4. The third kappa shape index (κ3) is 5.43. The molecule has 4 unspecified atom stereocenters. The van der Waals surface area contributed by atoms with E-state index in [2.05, 4.69) is 11.8 Å². The summed E-state index contributed by atoms with van der Waals surface area (Å²) in [5.74, 6) is -0.227. The van der Waals surface area contributed by atoms with Crippen molar-refractivity contribution in [3.05, 3.63) is 11.8 Å². The first-order valence-electron chi connectivity index (χ1n) is 9.59. The Kier molecular flexibility index (Phi) is 7.63. The number of aliphatic hydroxyl groups is 2. The van der Waals surface area contributed by atoms with Crippen LogP contribution in [0, 0.1) is 23.7 Å². The maximum Gasteiger partial charge on any atom is 0.310 e. The van der Waals surface area contributed by atoms with Gasteiger partial charge in [0.25, 0.3) is 0 Å². The number of ether oxygens (including phenoxy) is 1. The monoisotopic (exact) mass is 386 g/mol. The fourth-order valence-corrected chi connectivity index (χ4v) is 3.65. The minimum absolute atomic E-state index is 0.00946. The number of carbonyl (C=O) groups is 1. The highest BCUT2D eigenvalue weighted by Gasteiger charge is 2.66. The van der Waals surface area contributed by atoms with Crippen LogP contribution >= 0.6 is 0 Å². The van der Waals surface area contributed by atoms with Gasteiger partial charge in [0.05, 0.1) is 11.7 Å². The molecule has 7 heteroatoms. The van der Waals surface area contributed by atoms with Crippen LogP contribution in [0.2, 0.25) is 0 Å². The topological polar surface area (TPSA) is 87.0 Å². The number of hydrogen-bond donors (Lipinski definition) is 3. The molecule has 2 aliphatic rings. The summed E-state index contributed by atoms with van der Waals surface area (Å²) in [6.07, 6.45) is 1.77. The molecule has 1 saturated heterocycles. The Hall–Kier alpha value is -1.65. The summed E-state index contributed by atoms with van der Waals surface area (Å²) in [5, 5.41) is 28.5. The van der Waals surface area contributed by atoms with Gasteiger partial charge < -0.3 is 20.1 Å². The van der Waals surface area contributed by atoms with Gasteiger partial charge in [-0.3, -0.25) is 4.79 Å². The summed E-state index contributed by atoms with van der Waals surface area (Å²) >= 11 is 0. The van der Waals surface area contributed by atoms with E-state index in [0.29, 0.717) is 25.0 Å². The fourth-order valence-electron chi connectivity index (χ4n) is 3.65. The Morgan fingerprint density at radius 3 is 2.81 bits per heavy atom. The van der Waals surface area contributed by atoms with E-state index in [1.807, 2.05) is 6.92 Å². The Bertz CT molecular complexity index is 607. The molecule has 1 saturated carbocycles. The van der Waals surface area contributed by atoms with Crippen molar-refractivity contribution < 1.29 is 33.6 Å². The van der Waals surface area contributed by atoms with Gasteiger partial charge in [0.1, 0.15) is 12.2 Å². The van der Waals surface area contributed by atoms with Crippen LogP contribution < -0.4 is 0 Å². The van der Waals surface area contributed by atoms with Gasteiger partial charge in [-0.1, -0.05) is 31.6 Å². The predicted octanol–water partition coefficient (Wildman–Crippen LogP) is 3.10. The molecule has 1 heterocycles. The first-order chi connectivity index (χ1) is 12.8. The smallest absolute Gasteiger partial charge is 0.310 e. The Labute approximate surface area is 158 Å². The zero-order valence-electron chi connectivity index (χ0n) is 15.5. The second kappa shape index (κ2) is 9.52. The summed E-state index contributed by atoms with van der Waals surface area (Å²) < 4.78 is 34.1. The summed E-state index contributed by atoms with van der Waals surface area (Å²) in [7, 11) is 0. The van der Waals surface area contributed by atoms with Crippen molar-refractivity contribution in [1.29, 1.82) is 0 Å². The molecule has 2 fully saturated rings. The average Bonchev–Trinajstić information content (AvgIpc) is 3.09. The van der Waals surface area contributed by atoms with Crippen molar-refractivity contribution in [3.63, 3.8) is 0 Å². The van der Waals surface area contributed by atoms with E-state index in [1.54, 1.807) is 6.08 Å². The summed E-state index contributed by atoms with van der Waals surface area (Å²) in [6, 6.07) is 0. The van der Waals surface area contributed by atoms with Gasteiger partial charge in [0.2, 0.25) is 0 Å². The lowest BCUT2D eigenvalue weighted by Crippen LogP contribution is -2.39. The predicted molar refractivity (Wildman–Crippen MR) is 94.9 cm³/mol. The van der Waals surface area contributed by atoms with Gasteiger partial charge in [0.15, 0.2) is 6.10 Å². The van der Waals surface area contributed by atoms with E-state index in [-0.39, 0.29) is 12.8 Å². The minimum atomic E-state index is -3.41. The number of carboxylic acids is 1. The number of hydrogen-bond acceptors (Lipinski definition) is 4. The van der Waals surface area contributed by atoms with Crippen molar-refractivity contribution >= 4 is 5.97 Å². The highest BCUT2D eigenvalue weighted by Crippen LogP contribution is 2.52. The van der Waals surface area contributed by atoms with Gasteiger partial charge in [-0.2, -0.15) is 8.78 Å². The molecule has 152 valence electrons. The van der Waals surface area contributed by atoms with E-state index in [9.17, 15) is 23.8 Å². The van der Waals surface area contributed by atoms with Crippen LogP contribution in [0.4, 0.5) is 8.78 Å². The number of rotatable bonds is 8. The van der Waals surface area contributed by atoms with Crippen LogP contribution in [0.5, 0.6) is 0 Å². The molecule has 0 spiro atoms. The first kappa shape index (κ1) is 21.6. The number of unbranched alkanes of at least 4 members (excludes halogenated alkanes) is 3. The van der Waals surface area contributed by atoms with Gasteiger partial charge in [0, 0.05) is 18.8 Å². The fraction of sp³-hybridized carbons (Fsp3) is 0.750. The number of halogens is 2. The summed E-state index contributed by atoms with van der Waals surface area (Å²) in [5.41, 5.74) is 0. The lowest BCUT2D eigenvalue weighted by molar-refractivity contribution is -0.149. The second-order valence-corrected chi connectivity index (χ2v) is 7.31. The van der Waals surface area contributed by atoms with Crippen molar-refractivity contribution in [2.45, 2.75) is 82.5 Å². The molecule has 2 rings (SSSR count). The van der Waals surface area contributed by atoms with Gasteiger partial charge >= 0.3 is 11.9 Å². The summed E-state index contributed by atoms with van der Waals surface area (Å²) in [6.45, 7) is 2.04. The molecule has 5 atom stereocenters. The molecular weight excluding hydrogens is 358 g/mol.